The summed E-state index contributed by atoms with van der Waals surface area (Å²) >= 11 is 0. The first-order valence-corrected chi connectivity index (χ1v) is 6.35. The summed E-state index contributed by atoms with van der Waals surface area (Å²) in [5.41, 5.74) is 5.55. The van der Waals surface area contributed by atoms with Crippen LogP contribution in [0.15, 0.2) is 0 Å². The lowest BCUT2D eigenvalue weighted by Crippen LogP contribution is -2.44. The van der Waals surface area contributed by atoms with Gasteiger partial charge in [-0.25, -0.2) is 0 Å². The summed E-state index contributed by atoms with van der Waals surface area (Å²) in [6.07, 6.45) is 4.00. The molecule has 0 bridgehead atoms. The Labute approximate surface area is 109 Å². The molecule has 0 spiro atoms. The molecule has 0 saturated carbocycles. The molecular weight excluding hydrogens is 240 g/mol. The van der Waals surface area contributed by atoms with Gasteiger partial charge in [0.25, 0.3) is 5.91 Å². The second-order valence-corrected chi connectivity index (χ2v) is 5.09. The van der Waals surface area contributed by atoms with Crippen LogP contribution in [-0.4, -0.2) is 42.6 Å². The molecular formula is C12H23ClN2O2. The summed E-state index contributed by atoms with van der Waals surface area (Å²) in [5, 5.41) is 0. The topological polar surface area (TPSA) is 55.6 Å². The number of carbonyl (C=O) groups excluding carboxylic acids is 1. The number of likely N-dealkylation sites (tertiary alicyclic amines) is 1. The summed E-state index contributed by atoms with van der Waals surface area (Å²) in [6, 6.07) is 0. The third kappa shape index (κ3) is 3.57. The molecule has 0 aliphatic carbocycles. The van der Waals surface area contributed by atoms with Crippen molar-refractivity contribution in [2.75, 3.05) is 19.6 Å². The summed E-state index contributed by atoms with van der Waals surface area (Å²) < 4.78 is 5.64. The molecule has 2 fully saturated rings. The van der Waals surface area contributed by atoms with E-state index in [1.54, 1.807) is 0 Å². The number of halogens is 1. The quantitative estimate of drug-likeness (QED) is 0.813. The molecule has 17 heavy (non-hydrogen) atoms. The number of piperidine rings is 1. The van der Waals surface area contributed by atoms with Crippen LogP contribution in [0.2, 0.25) is 0 Å². The van der Waals surface area contributed by atoms with E-state index >= 15 is 0 Å². The average Bonchev–Trinajstić information content (AvgIpc) is 2.76. The van der Waals surface area contributed by atoms with Crippen molar-refractivity contribution in [2.24, 2.45) is 11.7 Å². The van der Waals surface area contributed by atoms with Gasteiger partial charge in [-0.2, -0.15) is 0 Å². The summed E-state index contributed by atoms with van der Waals surface area (Å²) in [7, 11) is 0. The highest BCUT2D eigenvalue weighted by atomic mass is 35.5. The van der Waals surface area contributed by atoms with Crippen molar-refractivity contribution in [1.82, 2.24) is 4.90 Å². The smallest absolute Gasteiger partial charge is 0.251 e. The molecule has 3 atom stereocenters. The molecule has 4 nitrogen and oxygen atoms in total. The third-order valence-corrected chi connectivity index (χ3v) is 3.61. The van der Waals surface area contributed by atoms with E-state index in [2.05, 4.69) is 6.92 Å². The Bertz CT molecular complexity index is 263. The van der Waals surface area contributed by atoms with Crippen LogP contribution < -0.4 is 5.73 Å². The van der Waals surface area contributed by atoms with E-state index in [4.69, 9.17) is 10.5 Å². The maximum atomic E-state index is 12.2. The van der Waals surface area contributed by atoms with Crippen LogP contribution in [0.5, 0.6) is 0 Å². The second-order valence-electron chi connectivity index (χ2n) is 5.09. The van der Waals surface area contributed by atoms with E-state index in [0.717, 1.165) is 32.4 Å². The van der Waals surface area contributed by atoms with Crippen LogP contribution in [-0.2, 0) is 9.53 Å². The van der Waals surface area contributed by atoms with Crippen molar-refractivity contribution >= 4 is 18.3 Å². The van der Waals surface area contributed by atoms with E-state index in [1.165, 1.54) is 6.42 Å². The van der Waals surface area contributed by atoms with Gasteiger partial charge in [-0.1, -0.05) is 6.92 Å². The molecule has 1 unspecified atom stereocenters. The van der Waals surface area contributed by atoms with Crippen molar-refractivity contribution < 1.29 is 9.53 Å². The van der Waals surface area contributed by atoms with Crippen molar-refractivity contribution in [3.05, 3.63) is 0 Å². The van der Waals surface area contributed by atoms with E-state index in [0.29, 0.717) is 12.5 Å². The molecule has 1 amide bonds. The van der Waals surface area contributed by atoms with Crippen LogP contribution >= 0.6 is 12.4 Å². The zero-order chi connectivity index (χ0) is 11.5. The predicted octanol–water partition coefficient (Wildman–Crippen LogP) is 1.17. The average molecular weight is 263 g/mol. The minimum atomic E-state index is -0.223. The zero-order valence-corrected chi connectivity index (χ0v) is 11.2. The molecule has 100 valence electrons. The number of hydrogen-bond donors (Lipinski definition) is 1. The number of amides is 1. The lowest BCUT2D eigenvalue weighted by atomic mass is 9.99. The molecule has 0 aromatic carbocycles. The molecule has 2 aliphatic heterocycles. The maximum Gasteiger partial charge on any atom is 0.251 e. The van der Waals surface area contributed by atoms with Crippen molar-refractivity contribution in [1.29, 1.82) is 0 Å². The Kier molecular flexibility index (Phi) is 5.70. The second kappa shape index (κ2) is 6.57. The number of nitrogens with two attached hydrogens (primary N) is 1. The fourth-order valence-electron chi connectivity index (χ4n) is 2.65. The Morgan fingerprint density at radius 2 is 2.18 bits per heavy atom. The van der Waals surface area contributed by atoms with E-state index < -0.39 is 0 Å². The highest BCUT2D eigenvalue weighted by Crippen LogP contribution is 2.23. The van der Waals surface area contributed by atoms with Crippen molar-refractivity contribution in [2.45, 2.75) is 44.8 Å². The zero-order valence-electron chi connectivity index (χ0n) is 10.4. The molecule has 2 heterocycles. The molecule has 2 rings (SSSR count). The Hall–Kier alpha value is -0.320. The third-order valence-electron chi connectivity index (χ3n) is 3.61. The van der Waals surface area contributed by atoms with Gasteiger partial charge in [-0.3, -0.25) is 4.79 Å². The highest BCUT2D eigenvalue weighted by Gasteiger charge is 2.33. The predicted molar refractivity (Wildman–Crippen MR) is 69.2 cm³/mol. The van der Waals surface area contributed by atoms with Gasteiger partial charge in [0.1, 0.15) is 6.10 Å². The van der Waals surface area contributed by atoms with Gasteiger partial charge >= 0.3 is 0 Å². The number of hydrogen-bond acceptors (Lipinski definition) is 3. The molecule has 0 radical (unpaired) electrons. The normalized spacial score (nSPS) is 33.3. The number of nitrogens with zero attached hydrogens (tertiary/aromatic N) is 1. The first kappa shape index (κ1) is 14.7. The summed E-state index contributed by atoms with van der Waals surface area (Å²) in [4.78, 5) is 14.1. The molecule has 2 aliphatic rings. The molecule has 2 N–H and O–H groups in total. The fourth-order valence-corrected chi connectivity index (χ4v) is 2.65. The Morgan fingerprint density at radius 3 is 2.76 bits per heavy atom. The lowest BCUT2D eigenvalue weighted by molar-refractivity contribution is -0.144. The molecule has 0 aromatic heterocycles. The largest absolute Gasteiger partial charge is 0.364 e. The minimum absolute atomic E-state index is 0. The van der Waals surface area contributed by atoms with E-state index in [9.17, 15) is 4.79 Å². The van der Waals surface area contributed by atoms with Crippen molar-refractivity contribution in [3.63, 3.8) is 0 Å². The monoisotopic (exact) mass is 262 g/mol. The van der Waals surface area contributed by atoms with Crippen LogP contribution in [0.3, 0.4) is 0 Å². The fraction of sp³-hybridized carbons (Fsp3) is 0.917. The number of rotatable bonds is 2. The van der Waals surface area contributed by atoms with Crippen LogP contribution in [0, 0.1) is 5.92 Å². The van der Waals surface area contributed by atoms with Crippen molar-refractivity contribution in [3.8, 4) is 0 Å². The van der Waals surface area contributed by atoms with Gasteiger partial charge in [-0.05, 0) is 31.6 Å². The van der Waals surface area contributed by atoms with Gasteiger partial charge in [0, 0.05) is 19.6 Å². The van der Waals surface area contributed by atoms with Gasteiger partial charge in [-0.15, -0.1) is 12.4 Å². The van der Waals surface area contributed by atoms with Crippen LogP contribution in [0.4, 0.5) is 0 Å². The van der Waals surface area contributed by atoms with Gasteiger partial charge in [0.05, 0.1) is 6.10 Å². The maximum absolute atomic E-state index is 12.2. The van der Waals surface area contributed by atoms with Gasteiger partial charge < -0.3 is 15.4 Å². The molecule has 5 heteroatoms. The van der Waals surface area contributed by atoms with Crippen LogP contribution in [0.1, 0.15) is 32.6 Å². The molecule has 2 saturated heterocycles. The van der Waals surface area contributed by atoms with Gasteiger partial charge in [0.15, 0.2) is 0 Å². The van der Waals surface area contributed by atoms with E-state index in [-0.39, 0.29) is 30.5 Å². The highest BCUT2D eigenvalue weighted by molar-refractivity contribution is 5.85. The van der Waals surface area contributed by atoms with Crippen LogP contribution in [0.25, 0.3) is 0 Å². The SMILES string of the molecule is CC1CCCN(C(=O)[C@@H]2CC[C@H](CN)O2)C1.Cl. The molecule has 0 aromatic rings. The van der Waals surface area contributed by atoms with E-state index in [1.807, 2.05) is 4.90 Å². The standard InChI is InChI=1S/C12H22N2O2.ClH/c1-9-3-2-6-14(8-9)12(15)11-5-4-10(7-13)16-11;/h9-11H,2-8,13H2,1H3;1H/t9?,10-,11+;/m1./s1. The number of carbonyl (C=O) groups is 1. The first-order chi connectivity index (χ1) is 7.70. The van der Waals surface area contributed by atoms with Gasteiger partial charge in [0.2, 0.25) is 0 Å². The Morgan fingerprint density at radius 1 is 1.41 bits per heavy atom. The Balaban J connectivity index is 0.00000144. The minimum Gasteiger partial charge on any atom is -0.364 e. The summed E-state index contributed by atoms with van der Waals surface area (Å²) in [5.74, 6) is 0.812. The lowest BCUT2D eigenvalue weighted by Gasteiger charge is -2.32. The number of ether oxygens (including phenoxy) is 1. The summed E-state index contributed by atoms with van der Waals surface area (Å²) in [6.45, 7) is 4.53. The first-order valence-electron chi connectivity index (χ1n) is 6.35.